The summed E-state index contributed by atoms with van der Waals surface area (Å²) in [5.41, 5.74) is 1.62. The van der Waals surface area contributed by atoms with E-state index in [1.807, 2.05) is 30.3 Å². The third-order valence-corrected chi connectivity index (χ3v) is 7.75. The summed E-state index contributed by atoms with van der Waals surface area (Å²) in [5.74, 6) is -0.283. The largest absolute Gasteiger partial charge is 0.497 e. The number of benzene rings is 3. The number of anilines is 1. The molecule has 214 valence electrons. The van der Waals surface area contributed by atoms with Gasteiger partial charge in [-0.2, -0.15) is 0 Å². The number of amides is 2. The molecule has 0 fully saturated rings. The lowest BCUT2D eigenvalue weighted by molar-refractivity contribution is -0.140. The highest BCUT2D eigenvalue weighted by Gasteiger charge is 2.34. The molecule has 0 aliphatic carbocycles. The lowest BCUT2D eigenvalue weighted by Gasteiger charge is -2.34. The van der Waals surface area contributed by atoms with Gasteiger partial charge in [-0.3, -0.25) is 13.9 Å². The molecule has 3 aromatic rings. The number of sulfonamides is 1. The van der Waals surface area contributed by atoms with Crippen molar-refractivity contribution in [3.8, 4) is 11.5 Å². The molecule has 0 spiro atoms. The van der Waals surface area contributed by atoms with E-state index in [4.69, 9.17) is 21.1 Å². The fraction of sp³-hybridized carbons (Fsp3) is 0.310. The Morgan fingerprint density at radius 3 is 2.25 bits per heavy atom. The maximum atomic E-state index is 14.1. The number of hydrogen-bond donors (Lipinski definition) is 1. The number of carbonyl (C=O) groups is 2. The Kier molecular flexibility index (Phi) is 10.8. The molecule has 0 unspecified atom stereocenters. The van der Waals surface area contributed by atoms with E-state index in [1.54, 1.807) is 37.3 Å². The molecule has 0 heterocycles. The van der Waals surface area contributed by atoms with Gasteiger partial charge in [0.25, 0.3) is 0 Å². The Hall–Kier alpha value is -3.76. The van der Waals surface area contributed by atoms with E-state index >= 15 is 0 Å². The van der Waals surface area contributed by atoms with Crippen molar-refractivity contribution < 1.29 is 27.5 Å². The average molecular weight is 588 g/mol. The van der Waals surface area contributed by atoms with Crippen LogP contribution in [0.4, 0.5) is 5.69 Å². The minimum absolute atomic E-state index is 0.00943. The first-order valence-corrected chi connectivity index (χ1v) is 14.9. The quantitative estimate of drug-likeness (QED) is 0.325. The van der Waals surface area contributed by atoms with E-state index in [1.165, 1.54) is 31.3 Å². The molecular weight excluding hydrogens is 554 g/mol. The number of methoxy groups -OCH3 is 2. The minimum Gasteiger partial charge on any atom is -0.497 e. The number of ether oxygens (including phenoxy) is 2. The summed E-state index contributed by atoms with van der Waals surface area (Å²) in [5, 5.41) is 3.24. The van der Waals surface area contributed by atoms with E-state index < -0.39 is 28.5 Å². The summed E-state index contributed by atoms with van der Waals surface area (Å²) in [6, 6.07) is 20.0. The van der Waals surface area contributed by atoms with Gasteiger partial charge in [0.15, 0.2) is 0 Å². The number of hydrogen-bond acceptors (Lipinski definition) is 6. The first-order chi connectivity index (χ1) is 19.1. The van der Waals surface area contributed by atoms with Crippen molar-refractivity contribution in [2.24, 2.45) is 0 Å². The van der Waals surface area contributed by atoms with Gasteiger partial charge >= 0.3 is 0 Å². The van der Waals surface area contributed by atoms with Gasteiger partial charge in [0.2, 0.25) is 21.8 Å². The molecule has 0 aromatic heterocycles. The van der Waals surface area contributed by atoms with E-state index in [9.17, 15) is 18.0 Å². The Labute approximate surface area is 240 Å². The van der Waals surface area contributed by atoms with Crippen LogP contribution in [-0.4, -0.2) is 64.7 Å². The van der Waals surface area contributed by atoms with Crippen molar-refractivity contribution in [3.05, 3.63) is 88.9 Å². The predicted molar refractivity (Wildman–Crippen MR) is 156 cm³/mol. The van der Waals surface area contributed by atoms with Crippen LogP contribution in [0, 0.1) is 0 Å². The third-order valence-electron chi connectivity index (χ3n) is 6.26. The second-order valence-corrected chi connectivity index (χ2v) is 11.3. The van der Waals surface area contributed by atoms with Crippen molar-refractivity contribution in [2.45, 2.75) is 25.9 Å². The molecular formula is C29H34ClN3O6S. The number of nitrogens with one attached hydrogen (secondary N) is 1. The van der Waals surface area contributed by atoms with E-state index in [0.717, 1.165) is 16.1 Å². The van der Waals surface area contributed by atoms with Gasteiger partial charge in [-0.05, 0) is 36.2 Å². The lowest BCUT2D eigenvalue weighted by atomic mass is 10.0. The molecule has 0 radical (unpaired) electrons. The topological polar surface area (TPSA) is 105 Å². The van der Waals surface area contributed by atoms with Crippen LogP contribution in [0.1, 0.15) is 18.1 Å². The van der Waals surface area contributed by atoms with Crippen molar-refractivity contribution in [2.75, 3.05) is 37.9 Å². The van der Waals surface area contributed by atoms with Crippen LogP contribution in [0.15, 0.2) is 72.8 Å². The highest BCUT2D eigenvalue weighted by molar-refractivity contribution is 7.92. The van der Waals surface area contributed by atoms with Gasteiger partial charge < -0.3 is 19.7 Å². The minimum atomic E-state index is -3.96. The maximum Gasteiger partial charge on any atom is 0.244 e. The van der Waals surface area contributed by atoms with Gasteiger partial charge in [0.1, 0.15) is 24.1 Å². The number of rotatable bonds is 13. The Morgan fingerprint density at radius 2 is 1.65 bits per heavy atom. The summed E-state index contributed by atoms with van der Waals surface area (Å²) in [6.07, 6.45) is 1.22. The molecule has 0 aliphatic heterocycles. The van der Waals surface area contributed by atoms with E-state index in [-0.39, 0.29) is 30.3 Å². The monoisotopic (exact) mass is 587 g/mol. The normalized spacial score (nSPS) is 11.8. The summed E-state index contributed by atoms with van der Waals surface area (Å²) in [7, 11) is -1.08. The fourth-order valence-electron chi connectivity index (χ4n) is 4.24. The van der Waals surface area contributed by atoms with Crippen molar-refractivity contribution in [1.82, 2.24) is 10.2 Å². The number of likely N-dealkylation sites (N-methyl/N-ethyl adjacent to an activating group) is 1. The predicted octanol–water partition coefficient (Wildman–Crippen LogP) is 3.90. The second kappa shape index (κ2) is 14.0. The summed E-state index contributed by atoms with van der Waals surface area (Å²) in [6.45, 7) is 1.57. The van der Waals surface area contributed by atoms with Gasteiger partial charge in [-0.1, -0.05) is 60.1 Å². The highest BCUT2D eigenvalue weighted by atomic mass is 35.5. The molecule has 3 aromatic carbocycles. The first-order valence-electron chi connectivity index (χ1n) is 12.6. The molecule has 0 saturated carbocycles. The van der Waals surface area contributed by atoms with Crippen LogP contribution in [0.5, 0.6) is 11.5 Å². The fourth-order valence-corrected chi connectivity index (χ4v) is 5.29. The molecule has 40 heavy (non-hydrogen) atoms. The standard InChI is InChI=1S/C29H34ClN3O6S/c1-5-31-29(35)26(17-21-11-7-6-8-12-21)32(19-22-13-9-10-14-24(22)30)28(34)20-33(40(4,36)37)25-16-15-23(38-2)18-27(25)39-3/h6-16,18,26H,5,17,19-20H2,1-4H3,(H,31,35)/t26-/m0/s1. The summed E-state index contributed by atoms with van der Waals surface area (Å²) < 4.78 is 37.6. The SMILES string of the molecule is CCNC(=O)[C@H](Cc1ccccc1)N(Cc1ccccc1Cl)C(=O)CN(c1ccc(OC)cc1OC)S(C)(=O)=O. The zero-order chi connectivity index (χ0) is 29.3. The number of carbonyl (C=O) groups excluding carboxylic acids is 2. The Balaban J connectivity index is 2.09. The molecule has 0 aliphatic rings. The van der Waals surface area contributed by atoms with Gasteiger partial charge in [-0.15, -0.1) is 0 Å². The van der Waals surface area contributed by atoms with Crippen molar-refractivity contribution >= 4 is 39.1 Å². The zero-order valence-corrected chi connectivity index (χ0v) is 24.5. The van der Waals surface area contributed by atoms with Crippen LogP contribution in [0.25, 0.3) is 0 Å². The molecule has 2 amide bonds. The Morgan fingerprint density at radius 1 is 0.975 bits per heavy atom. The first kappa shape index (κ1) is 30.8. The molecule has 1 N–H and O–H groups in total. The third kappa shape index (κ3) is 7.89. The molecule has 9 nitrogen and oxygen atoms in total. The second-order valence-electron chi connectivity index (χ2n) is 9.02. The highest BCUT2D eigenvalue weighted by Crippen LogP contribution is 2.34. The smallest absolute Gasteiger partial charge is 0.244 e. The van der Waals surface area contributed by atoms with Gasteiger partial charge in [0.05, 0.1) is 26.2 Å². The average Bonchev–Trinajstić information content (AvgIpc) is 2.94. The number of nitrogens with zero attached hydrogens (tertiary/aromatic N) is 2. The molecule has 3 rings (SSSR count). The summed E-state index contributed by atoms with van der Waals surface area (Å²) in [4.78, 5) is 28.9. The van der Waals surface area contributed by atoms with E-state index in [0.29, 0.717) is 22.9 Å². The van der Waals surface area contributed by atoms with Crippen LogP contribution in [-0.2, 0) is 32.6 Å². The van der Waals surface area contributed by atoms with Crippen LogP contribution in [0.2, 0.25) is 5.02 Å². The molecule has 11 heteroatoms. The maximum absolute atomic E-state index is 14.1. The van der Waals surface area contributed by atoms with Crippen LogP contribution >= 0.6 is 11.6 Å². The summed E-state index contributed by atoms with van der Waals surface area (Å²) >= 11 is 6.45. The van der Waals surface area contributed by atoms with E-state index in [2.05, 4.69) is 5.32 Å². The van der Waals surface area contributed by atoms with Crippen molar-refractivity contribution in [1.29, 1.82) is 0 Å². The molecule has 1 atom stereocenters. The zero-order valence-electron chi connectivity index (χ0n) is 23.0. The van der Waals surface area contributed by atoms with Gasteiger partial charge in [-0.25, -0.2) is 8.42 Å². The van der Waals surface area contributed by atoms with Gasteiger partial charge in [0, 0.05) is 30.6 Å². The van der Waals surface area contributed by atoms with Crippen LogP contribution < -0.4 is 19.1 Å². The van der Waals surface area contributed by atoms with Crippen molar-refractivity contribution in [3.63, 3.8) is 0 Å². The van der Waals surface area contributed by atoms with Crippen LogP contribution in [0.3, 0.4) is 0 Å². The lowest BCUT2D eigenvalue weighted by Crippen LogP contribution is -2.53. The number of halogens is 1. The molecule has 0 bridgehead atoms. The Bertz CT molecular complexity index is 1420. The molecule has 0 saturated heterocycles.